The molecule has 2 aromatic rings. The highest BCUT2D eigenvalue weighted by atomic mass is 16.5. The van der Waals surface area contributed by atoms with Gasteiger partial charge in [-0.05, 0) is 13.8 Å². The maximum absolute atomic E-state index is 12.4. The number of H-pyrrole nitrogens is 1. The number of hydrogen-bond donors (Lipinski definition) is 1. The van der Waals surface area contributed by atoms with Gasteiger partial charge in [0.1, 0.15) is 23.9 Å². The minimum absolute atomic E-state index is 0.103. The first-order valence-corrected chi connectivity index (χ1v) is 7.80. The summed E-state index contributed by atoms with van der Waals surface area (Å²) in [6, 6.07) is 3.45. The van der Waals surface area contributed by atoms with E-state index >= 15 is 0 Å². The number of rotatable bonds is 10. The molecular weight excluding hydrogens is 310 g/mol. The molecule has 0 fully saturated rings. The number of nitrogens with one attached hydrogen (secondary N) is 1. The van der Waals surface area contributed by atoms with Crippen LogP contribution >= 0.6 is 0 Å². The number of methoxy groups -OCH3 is 1. The van der Waals surface area contributed by atoms with Gasteiger partial charge in [-0.2, -0.15) is 0 Å². The van der Waals surface area contributed by atoms with Crippen molar-refractivity contribution in [2.75, 3.05) is 33.5 Å². The molecule has 1 N–H and O–H groups in total. The Labute approximate surface area is 141 Å². The number of aromatic amines is 1. The van der Waals surface area contributed by atoms with Gasteiger partial charge in [0.05, 0.1) is 26.2 Å². The number of ether oxygens (including phenoxy) is 3. The van der Waals surface area contributed by atoms with Crippen LogP contribution in [-0.2, 0) is 15.9 Å². The molecule has 0 amide bonds. The fraction of sp³-hybridized carbons (Fsp3) is 0.471. The Morgan fingerprint density at radius 2 is 1.96 bits per heavy atom. The summed E-state index contributed by atoms with van der Waals surface area (Å²) < 4.78 is 15.9. The number of ketones is 1. The van der Waals surface area contributed by atoms with Gasteiger partial charge in [0, 0.05) is 36.8 Å². The van der Waals surface area contributed by atoms with E-state index in [4.69, 9.17) is 14.2 Å². The molecule has 2 rings (SSSR count). The minimum Gasteiger partial charge on any atom is -0.491 e. The number of Topliss-reactive ketones (excluding diaryl/α,β-unsaturated/α-hetero) is 1. The summed E-state index contributed by atoms with van der Waals surface area (Å²) >= 11 is 0. The average molecular weight is 333 g/mol. The van der Waals surface area contributed by atoms with E-state index in [2.05, 4.69) is 15.0 Å². The maximum Gasteiger partial charge on any atom is 0.188 e. The zero-order chi connectivity index (χ0) is 17.4. The van der Waals surface area contributed by atoms with Gasteiger partial charge in [-0.3, -0.25) is 4.79 Å². The van der Waals surface area contributed by atoms with Crippen LogP contribution in [0.2, 0.25) is 0 Å². The number of carbonyl (C=O) groups is 1. The van der Waals surface area contributed by atoms with Crippen molar-refractivity contribution in [1.29, 1.82) is 0 Å². The predicted molar refractivity (Wildman–Crippen MR) is 88.5 cm³/mol. The van der Waals surface area contributed by atoms with Crippen molar-refractivity contribution < 1.29 is 19.0 Å². The number of aryl methyl sites for hydroxylation is 2. The first-order valence-electron chi connectivity index (χ1n) is 7.80. The third kappa shape index (κ3) is 5.75. The summed E-state index contributed by atoms with van der Waals surface area (Å²) in [5, 5.41) is 0. The predicted octanol–water partition coefficient (Wildman–Crippen LogP) is 1.89. The lowest BCUT2D eigenvalue weighted by Gasteiger charge is -2.09. The van der Waals surface area contributed by atoms with Crippen molar-refractivity contribution in [1.82, 2.24) is 15.0 Å². The molecule has 0 aliphatic heterocycles. The molecule has 0 aromatic carbocycles. The molecule has 0 aliphatic rings. The van der Waals surface area contributed by atoms with E-state index < -0.39 is 0 Å². The van der Waals surface area contributed by atoms with Crippen molar-refractivity contribution >= 4 is 5.78 Å². The van der Waals surface area contributed by atoms with E-state index in [1.165, 1.54) is 0 Å². The van der Waals surface area contributed by atoms with Crippen LogP contribution in [0.5, 0.6) is 5.75 Å². The fourth-order valence-electron chi connectivity index (χ4n) is 2.13. The zero-order valence-electron chi connectivity index (χ0n) is 14.3. The Morgan fingerprint density at radius 1 is 1.17 bits per heavy atom. The summed E-state index contributed by atoms with van der Waals surface area (Å²) in [5.74, 6) is 1.14. The number of imidazole rings is 1. The summed E-state index contributed by atoms with van der Waals surface area (Å²) in [4.78, 5) is 23.8. The molecule has 24 heavy (non-hydrogen) atoms. The molecule has 0 bridgehead atoms. The standard InChI is InChI=1S/C17H23N3O4/c1-12-8-14(24-7-6-23-5-4-22-3)9-15(19-12)16(21)10-17-18-11-13(2)20-17/h8-9,11H,4-7,10H2,1-3H3,(H,18,20). The van der Waals surface area contributed by atoms with E-state index in [-0.39, 0.29) is 12.2 Å². The number of nitrogens with zero attached hydrogens (tertiary/aromatic N) is 2. The second-order valence-electron chi connectivity index (χ2n) is 5.40. The second-order valence-corrected chi connectivity index (χ2v) is 5.40. The van der Waals surface area contributed by atoms with Gasteiger partial charge in [-0.15, -0.1) is 0 Å². The molecular formula is C17H23N3O4. The van der Waals surface area contributed by atoms with Crippen LogP contribution in [-0.4, -0.2) is 54.3 Å². The van der Waals surface area contributed by atoms with Crippen LogP contribution in [0.15, 0.2) is 18.3 Å². The highest BCUT2D eigenvalue weighted by Gasteiger charge is 2.13. The Hall–Kier alpha value is -2.25. The third-order valence-electron chi connectivity index (χ3n) is 3.22. The number of aromatic nitrogens is 3. The molecule has 0 unspecified atom stereocenters. The molecule has 0 spiro atoms. The number of hydrogen-bond acceptors (Lipinski definition) is 6. The first kappa shape index (κ1) is 18.1. The van der Waals surface area contributed by atoms with Crippen LogP contribution in [0, 0.1) is 13.8 Å². The summed E-state index contributed by atoms with van der Waals surface area (Å²) in [5.41, 5.74) is 2.03. The van der Waals surface area contributed by atoms with E-state index in [0.717, 1.165) is 11.4 Å². The highest BCUT2D eigenvalue weighted by molar-refractivity contribution is 5.95. The molecule has 0 radical (unpaired) electrons. The topological polar surface area (TPSA) is 86.3 Å². The molecule has 0 saturated heterocycles. The Balaban J connectivity index is 1.91. The summed E-state index contributed by atoms with van der Waals surface area (Å²) in [6.45, 7) is 5.67. The van der Waals surface area contributed by atoms with Gasteiger partial charge >= 0.3 is 0 Å². The molecule has 7 heteroatoms. The van der Waals surface area contributed by atoms with Crippen molar-refractivity contribution in [3.8, 4) is 5.75 Å². The van der Waals surface area contributed by atoms with E-state index in [1.54, 1.807) is 25.4 Å². The lowest BCUT2D eigenvalue weighted by Crippen LogP contribution is -2.12. The van der Waals surface area contributed by atoms with Crippen LogP contribution in [0.3, 0.4) is 0 Å². The third-order valence-corrected chi connectivity index (χ3v) is 3.22. The van der Waals surface area contributed by atoms with Gasteiger partial charge in [-0.1, -0.05) is 0 Å². The van der Waals surface area contributed by atoms with Gasteiger partial charge in [0.25, 0.3) is 0 Å². The Kier molecular flexibility index (Phi) is 6.89. The maximum atomic E-state index is 12.4. The van der Waals surface area contributed by atoms with Crippen molar-refractivity contribution in [2.45, 2.75) is 20.3 Å². The van der Waals surface area contributed by atoms with E-state index in [9.17, 15) is 4.79 Å². The number of carbonyl (C=O) groups excluding carboxylic acids is 1. The SMILES string of the molecule is COCCOCCOc1cc(C)nc(C(=O)Cc2ncc(C)[nH]2)c1. The van der Waals surface area contributed by atoms with Gasteiger partial charge in [0.2, 0.25) is 0 Å². The quantitative estimate of drug-likeness (QED) is 0.528. The van der Waals surface area contributed by atoms with E-state index in [1.807, 2.05) is 13.8 Å². The Bertz CT molecular complexity index is 670. The molecule has 2 aromatic heterocycles. The van der Waals surface area contributed by atoms with Crippen molar-refractivity contribution in [2.24, 2.45) is 0 Å². The van der Waals surface area contributed by atoms with Crippen LogP contribution in [0.1, 0.15) is 27.7 Å². The first-order chi connectivity index (χ1) is 11.6. The van der Waals surface area contributed by atoms with Crippen LogP contribution < -0.4 is 4.74 Å². The molecule has 0 aliphatic carbocycles. The highest BCUT2D eigenvalue weighted by Crippen LogP contribution is 2.15. The zero-order valence-corrected chi connectivity index (χ0v) is 14.3. The second kappa shape index (κ2) is 9.14. The molecule has 0 saturated carbocycles. The smallest absolute Gasteiger partial charge is 0.188 e. The summed E-state index contributed by atoms with van der Waals surface area (Å²) in [7, 11) is 1.63. The van der Waals surface area contributed by atoms with Gasteiger partial charge in [-0.25, -0.2) is 9.97 Å². The largest absolute Gasteiger partial charge is 0.491 e. The molecule has 2 heterocycles. The minimum atomic E-state index is -0.103. The lowest BCUT2D eigenvalue weighted by atomic mass is 10.1. The van der Waals surface area contributed by atoms with Crippen molar-refractivity contribution in [3.63, 3.8) is 0 Å². The number of pyridine rings is 1. The van der Waals surface area contributed by atoms with Crippen LogP contribution in [0.4, 0.5) is 0 Å². The Morgan fingerprint density at radius 3 is 2.67 bits per heavy atom. The monoisotopic (exact) mass is 333 g/mol. The molecule has 0 atom stereocenters. The van der Waals surface area contributed by atoms with Crippen molar-refractivity contribution in [3.05, 3.63) is 41.2 Å². The molecule has 130 valence electrons. The summed E-state index contributed by atoms with van der Waals surface area (Å²) in [6.07, 6.45) is 1.88. The average Bonchev–Trinajstić information content (AvgIpc) is 2.95. The normalized spacial score (nSPS) is 10.8. The van der Waals surface area contributed by atoms with Crippen LogP contribution in [0.25, 0.3) is 0 Å². The molecule has 7 nitrogen and oxygen atoms in total. The van der Waals surface area contributed by atoms with E-state index in [0.29, 0.717) is 43.7 Å². The lowest BCUT2D eigenvalue weighted by molar-refractivity contribution is 0.0544. The van der Waals surface area contributed by atoms with Gasteiger partial charge in [0.15, 0.2) is 5.78 Å². The fourth-order valence-corrected chi connectivity index (χ4v) is 2.13. The van der Waals surface area contributed by atoms with Gasteiger partial charge < -0.3 is 19.2 Å².